The van der Waals surface area contributed by atoms with Crippen molar-refractivity contribution in [1.29, 1.82) is 0 Å². The monoisotopic (exact) mass is 446 g/mol. The number of nitrogens with one attached hydrogen (secondary N) is 2. The van der Waals surface area contributed by atoms with Gasteiger partial charge in [-0.1, -0.05) is 30.3 Å². The summed E-state index contributed by atoms with van der Waals surface area (Å²) in [7, 11) is 1.36. The fourth-order valence-electron chi connectivity index (χ4n) is 2.84. The Bertz CT molecular complexity index is 966. The highest BCUT2D eigenvalue weighted by Gasteiger charge is 2.28. The predicted octanol–water partition coefficient (Wildman–Crippen LogP) is 3.00. The number of amides is 3. The molecular weight excluding hydrogens is 423 g/mol. The first-order valence-electron chi connectivity index (χ1n) is 9.54. The van der Waals surface area contributed by atoms with Gasteiger partial charge in [-0.2, -0.15) is 0 Å². The average Bonchev–Trinajstić information content (AvgIpc) is 2.80. The van der Waals surface area contributed by atoms with Gasteiger partial charge in [-0.25, -0.2) is 14.7 Å². The summed E-state index contributed by atoms with van der Waals surface area (Å²) in [5.74, 6) is -2.90. The van der Waals surface area contributed by atoms with Crippen molar-refractivity contribution in [3.05, 3.63) is 77.6 Å². The number of carbonyl (C=O) groups is 3. The van der Waals surface area contributed by atoms with Gasteiger partial charge in [-0.15, -0.1) is 0 Å². The van der Waals surface area contributed by atoms with E-state index in [4.69, 9.17) is 14.7 Å². The zero-order valence-corrected chi connectivity index (χ0v) is 17.2. The molecule has 10 heteroatoms. The Morgan fingerprint density at radius 2 is 1.88 bits per heavy atom. The lowest BCUT2D eigenvalue weighted by atomic mass is 10.00. The molecule has 0 aliphatic heterocycles. The minimum absolute atomic E-state index is 0.187. The molecule has 32 heavy (non-hydrogen) atoms. The maximum absolute atomic E-state index is 13.9. The van der Waals surface area contributed by atoms with Gasteiger partial charge >= 0.3 is 6.09 Å². The molecule has 0 aliphatic carbocycles. The zero-order valence-electron chi connectivity index (χ0n) is 17.2. The van der Waals surface area contributed by atoms with Crippen molar-refractivity contribution in [3.63, 3.8) is 0 Å². The fourth-order valence-corrected chi connectivity index (χ4v) is 2.84. The van der Waals surface area contributed by atoms with Crippen LogP contribution in [0, 0.1) is 5.82 Å². The topological polar surface area (TPSA) is 134 Å². The van der Waals surface area contributed by atoms with Crippen molar-refractivity contribution in [2.75, 3.05) is 7.11 Å². The smallest absolute Gasteiger partial charge is 0.414 e. The summed E-state index contributed by atoms with van der Waals surface area (Å²) in [6, 6.07) is 11.5. The van der Waals surface area contributed by atoms with E-state index in [1.807, 2.05) is 0 Å². The number of allylic oxidation sites excluding steroid dienone is 1. The second kappa shape index (κ2) is 12.2. The Kier molecular flexibility index (Phi) is 9.33. The maximum Gasteiger partial charge on any atom is 0.414 e. The number of hydrogen-bond donors (Lipinski definition) is 4. The number of phenolic OH excluding ortho intramolecular Hbond substituents is 1. The van der Waals surface area contributed by atoms with E-state index in [0.29, 0.717) is 0 Å². The number of hydrogen-bond acceptors (Lipinski definition) is 7. The molecule has 2 atom stereocenters. The molecule has 0 fully saturated rings. The molecule has 0 unspecified atom stereocenters. The molecule has 0 heterocycles. The summed E-state index contributed by atoms with van der Waals surface area (Å²) in [5, 5.41) is 20.1. The number of aromatic hydroxyl groups is 1. The van der Waals surface area contributed by atoms with Crippen LogP contribution in [0.5, 0.6) is 5.75 Å². The van der Waals surface area contributed by atoms with Crippen molar-refractivity contribution in [2.24, 2.45) is 0 Å². The molecule has 0 radical (unpaired) electrons. The Morgan fingerprint density at radius 1 is 1.16 bits per heavy atom. The first kappa shape index (κ1) is 24.5. The summed E-state index contributed by atoms with van der Waals surface area (Å²) in [6.07, 6.45) is 0.0843. The number of benzene rings is 2. The van der Waals surface area contributed by atoms with Crippen LogP contribution in [0.15, 0.2) is 60.7 Å². The van der Waals surface area contributed by atoms with Crippen molar-refractivity contribution >= 4 is 17.9 Å². The lowest BCUT2D eigenvalue weighted by Crippen LogP contribution is -2.35. The van der Waals surface area contributed by atoms with Crippen molar-refractivity contribution < 1.29 is 38.6 Å². The molecular formula is C22H23FN2O7. The van der Waals surface area contributed by atoms with E-state index in [-0.39, 0.29) is 24.0 Å². The lowest BCUT2D eigenvalue weighted by molar-refractivity contribution is -0.124. The maximum atomic E-state index is 13.9. The van der Waals surface area contributed by atoms with Gasteiger partial charge in [-0.3, -0.25) is 20.1 Å². The van der Waals surface area contributed by atoms with Crippen LogP contribution in [0.1, 0.15) is 34.9 Å². The average molecular weight is 446 g/mol. The Labute approximate surface area is 183 Å². The number of phenols is 1. The number of hydroxylamine groups is 1. The molecule has 170 valence electrons. The summed E-state index contributed by atoms with van der Waals surface area (Å²) in [6.45, 7) is 0. The molecule has 2 aromatic rings. The minimum Gasteiger partial charge on any atom is -0.505 e. The van der Waals surface area contributed by atoms with Crippen LogP contribution in [0.4, 0.5) is 9.18 Å². The molecule has 0 aromatic heterocycles. The summed E-state index contributed by atoms with van der Waals surface area (Å²) in [4.78, 5) is 35.7. The number of carbonyl (C=O) groups excluding carboxylic acids is 3. The van der Waals surface area contributed by atoms with E-state index in [1.54, 1.807) is 18.2 Å². The number of halogens is 1. The number of rotatable bonds is 9. The van der Waals surface area contributed by atoms with Gasteiger partial charge in [0.2, 0.25) is 0 Å². The zero-order chi connectivity index (χ0) is 23.5. The van der Waals surface area contributed by atoms with Crippen LogP contribution >= 0.6 is 0 Å². The third kappa shape index (κ3) is 7.18. The van der Waals surface area contributed by atoms with E-state index in [0.717, 1.165) is 18.2 Å². The van der Waals surface area contributed by atoms with Gasteiger partial charge in [-0.05, 0) is 42.7 Å². The van der Waals surface area contributed by atoms with Crippen molar-refractivity contribution in [2.45, 2.75) is 25.0 Å². The van der Waals surface area contributed by atoms with Crippen molar-refractivity contribution in [3.8, 4) is 5.75 Å². The van der Waals surface area contributed by atoms with Gasteiger partial charge < -0.3 is 14.6 Å². The molecule has 3 amide bonds. The largest absolute Gasteiger partial charge is 0.505 e. The van der Waals surface area contributed by atoms with Crippen LogP contribution < -0.4 is 10.8 Å². The molecule has 0 saturated heterocycles. The second-order valence-corrected chi connectivity index (χ2v) is 6.59. The molecule has 4 N–H and O–H groups in total. The number of ether oxygens (including phenoxy) is 2. The van der Waals surface area contributed by atoms with Crippen LogP contribution in [0.25, 0.3) is 0 Å². The SMILES string of the molecule is CO[C@@H](CC/C=C/C(=O)NO)[C@@H](OC(=O)NC(=O)c1ccccc1)c1ccc(O)c(F)c1. The third-order valence-corrected chi connectivity index (χ3v) is 4.42. The van der Waals surface area contributed by atoms with Crippen LogP contribution in [-0.4, -0.2) is 41.4 Å². The van der Waals surface area contributed by atoms with E-state index in [9.17, 15) is 23.9 Å². The van der Waals surface area contributed by atoms with Crippen LogP contribution in [-0.2, 0) is 14.3 Å². The van der Waals surface area contributed by atoms with Gasteiger partial charge in [0, 0.05) is 18.7 Å². The minimum atomic E-state index is -1.14. The molecule has 0 bridgehead atoms. The Balaban J connectivity index is 2.18. The van der Waals surface area contributed by atoms with Crippen LogP contribution in [0.3, 0.4) is 0 Å². The van der Waals surface area contributed by atoms with E-state index < -0.39 is 41.7 Å². The first-order valence-corrected chi connectivity index (χ1v) is 9.54. The van der Waals surface area contributed by atoms with Gasteiger partial charge in [0.1, 0.15) is 0 Å². The summed E-state index contributed by atoms with van der Waals surface area (Å²) >= 11 is 0. The van der Waals surface area contributed by atoms with Crippen molar-refractivity contribution in [1.82, 2.24) is 10.8 Å². The van der Waals surface area contributed by atoms with Gasteiger partial charge in [0.15, 0.2) is 17.7 Å². The second-order valence-electron chi connectivity index (χ2n) is 6.59. The van der Waals surface area contributed by atoms with E-state index >= 15 is 0 Å². The molecule has 2 aromatic carbocycles. The van der Waals surface area contributed by atoms with Gasteiger partial charge in [0.05, 0.1) is 6.10 Å². The number of imide groups is 1. The Hall–Kier alpha value is -3.76. The summed E-state index contributed by atoms with van der Waals surface area (Å²) in [5.41, 5.74) is 1.88. The standard InChI is InChI=1S/C22H23FN2O7/c1-31-18(9-5-6-10-19(27)25-30)20(15-11-12-17(26)16(23)13-15)32-22(29)24-21(28)14-7-3-2-4-8-14/h2-4,6-8,10-13,18,20,26,30H,5,9H2,1H3,(H,25,27)(H,24,28,29)/b10-6+/t18-,20-/m0/s1. The fraction of sp³-hybridized carbons (Fsp3) is 0.227. The molecule has 9 nitrogen and oxygen atoms in total. The highest BCUT2D eigenvalue weighted by Crippen LogP contribution is 2.29. The molecule has 0 aliphatic rings. The first-order chi connectivity index (χ1) is 15.3. The van der Waals surface area contributed by atoms with E-state index in [1.165, 1.54) is 36.9 Å². The highest BCUT2D eigenvalue weighted by molar-refractivity contribution is 6.02. The number of alkyl carbamates (subject to hydrolysis) is 1. The van der Waals surface area contributed by atoms with Crippen LogP contribution in [0.2, 0.25) is 0 Å². The Morgan fingerprint density at radius 3 is 2.50 bits per heavy atom. The van der Waals surface area contributed by atoms with E-state index in [2.05, 4.69) is 5.32 Å². The highest BCUT2D eigenvalue weighted by atomic mass is 19.1. The third-order valence-electron chi connectivity index (χ3n) is 4.42. The summed E-state index contributed by atoms with van der Waals surface area (Å²) < 4.78 is 24.7. The number of methoxy groups -OCH3 is 1. The lowest BCUT2D eigenvalue weighted by Gasteiger charge is -2.26. The molecule has 2 rings (SSSR count). The molecule has 0 spiro atoms. The quantitative estimate of drug-likeness (QED) is 0.264. The normalized spacial score (nSPS) is 12.7. The predicted molar refractivity (Wildman–Crippen MR) is 110 cm³/mol. The van der Waals surface area contributed by atoms with Gasteiger partial charge in [0.25, 0.3) is 11.8 Å². The molecule has 0 saturated carbocycles.